The molecule has 16 nitrogen and oxygen atoms in total. The molecule has 1 saturated carbocycles. The van der Waals surface area contributed by atoms with E-state index in [1.165, 1.54) is 6.08 Å². The Morgan fingerprint density at radius 2 is 0.952 bits per heavy atom. The number of hydrogen-bond donors (Lipinski definition) is 0. The number of esters is 5. The van der Waals surface area contributed by atoms with Gasteiger partial charge >= 0.3 is 29.8 Å². The molecule has 0 saturated heterocycles. The van der Waals surface area contributed by atoms with Crippen molar-refractivity contribution in [2.45, 2.75) is 75.8 Å². The summed E-state index contributed by atoms with van der Waals surface area (Å²) in [7, 11) is 1.57. The summed E-state index contributed by atoms with van der Waals surface area (Å²) in [4.78, 5) is 68.8. The normalized spacial score (nSPS) is 15.0. The van der Waals surface area contributed by atoms with Gasteiger partial charge in [-0.05, 0) is 106 Å². The summed E-state index contributed by atoms with van der Waals surface area (Å²) in [6.45, 7) is 15.3. The third kappa shape index (κ3) is 23.6. The number of aldehydes is 1. The molecule has 344 valence electrons. The van der Waals surface area contributed by atoms with Crippen molar-refractivity contribution in [3.05, 3.63) is 110 Å². The molecule has 63 heavy (non-hydrogen) atoms. The Hall–Kier alpha value is -6.10. The fraction of sp³-hybridized carbons (Fsp3) is 0.447. The van der Waals surface area contributed by atoms with Crippen LogP contribution in [0.5, 0.6) is 11.5 Å². The lowest BCUT2D eigenvalue weighted by molar-refractivity contribution is -0.148. The molecule has 3 rings (SSSR count). The monoisotopic (exact) mass is 880 g/mol. The summed E-state index contributed by atoms with van der Waals surface area (Å²) in [6.07, 6.45) is 8.32. The first-order chi connectivity index (χ1) is 30.5. The lowest BCUT2D eigenvalue weighted by atomic mass is 9.95. The van der Waals surface area contributed by atoms with Crippen LogP contribution in [0.15, 0.2) is 99.2 Å². The molecular weight excluding hydrogens is 821 g/mol. The highest BCUT2D eigenvalue weighted by atomic mass is 16.6. The highest BCUT2D eigenvalue weighted by Crippen LogP contribution is 2.26. The summed E-state index contributed by atoms with van der Waals surface area (Å²) in [5.74, 6) is -1.45. The average molecular weight is 881 g/mol. The van der Waals surface area contributed by atoms with Crippen LogP contribution in [-0.4, -0.2) is 121 Å². The Kier molecular flexibility index (Phi) is 27.4. The number of hydrogen-bond acceptors (Lipinski definition) is 16. The van der Waals surface area contributed by atoms with Crippen molar-refractivity contribution in [3.63, 3.8) is 0 Å². The smallest absolute Gasteiger partial charge is 0.338 e. The molecular formula is C47H60O16. The van der Waals surface area contributed by atoms with Crippen molar-refractivity contribution in [1.82, 2.24) is 0 Å². The Bertz CT molecular complexity index is 1710. The van der Waals surface area contributed by atoms with E-state index in [2.05, 4.69) is 26.3 Å². The van der Waals surface area contributed by atoms with E-state index < -0.39 is 36.0 Å². The van der Waals surface area contributed by atoms with Gasteiger partial charge in [0.05, 0.1) is 37.6 Å². The summed E-state index contributed by atoms with van der Waals surface area (Å²) in [5.41, 5.74) is 0.737. The molecule has 16 heteroatoms. The average Bonchev–Trinajstić information content (AvgIpc) is 3.31. The van der Waals surface area contributed by atoms with Crippen LogP contribution >= 0.6 is 0 Å². The van der Waals surface area contributed by atoms with E-state index >= 15 is 0 Å². The molecule has 1 aliphatic rings. The molecule has 2 unspecified atom stereocenters. The number of ether oxygens (including phenoxy) is 10. The second-order valence-electron chi connectivity index (χ2n) is 13.7. The number of allylic oxidation sites excluding steroid dienone is 1. The summed E-state index contributed by atoms with van der Waals surface area (Å²) < 4.78 is 55.0. The van der Waals surface area contributed by atoms with Crippen LogP contribution in [0.2, 0.25) is 0 Å². The number of carbonyl (C=O) groups is 6. The van der Waals surface area contributed by atoms with Gasteiger partial charge in [0.25, 0.3) is 0 Å². The van der Waals surface area contributed by atoms with Gasteiger partial charge in [-0.25, -0.2) is 24.0 Å². The van der Waals surface area contributed by atoms with Gasteiger partial charge in [0.1, 0.15) is 49.3 Å². The zero-order valence-corrected chi connectivity index (χ0v) is 36.0. The van der Waals surface area contributed by atoms with E-state index in [9.17, 15) is 24.0 Å². The van der Waals surface area contributed by atoms with Crippen LogP contribution in [0, 0.1) is 0 Å². The molecule has 0 aromatic heterocycles. The lowest BCUT2D eigenvalue weighted by Gasteiger charge is -2.28. The van der Waals surface area contributed by atoms with E-state index in [0.29, 0.717) is 100 Å². The second-order valence-corrected chi connectivity index (χ2v) is 13.7. The topological polar surface area (TPSA) is 195 Å². The minimum absolute atomic E-state index is 0.00223. The van der Waals surface area contributed by atoms with E-state index in [1.807, 2.05) is 0 Å². The van der Waals surface area contributed by atoms with Crippen molar-refractivity contribution < 1.29 is 76.1 Å². The fourth-order valence-electron chi connectivity index (χ4n) is 5.48. The molecule has 0 amide bonds. The Labute approximate surface area is 369 Å². The molecule has 2 atom stereocenters. The third-order valence-electron chi connectivity index (χ3n) is 8.89. The van der Waals surface area contributed by atoms with Crippen LogP contribution in [0.3, 0.4) is 0 Å². The maximum Gasteiger partial charge on any atom is 0.338 e. The van der Waals surface area contributed by atoms with E-state index in [0.717, 1.165) is 24.6 Å². The lowest BCUT2D eigenvalue weighted by Crippen LogP contribution is -2.30. The van der Waals surface area contributed by atoms with E-state index in [-0.39, 0.29) is 44.7 Å². The molecule has 0 spiro atoms. The van der Waals surface area contributed by atoms with Crippen molar-refractivity contribution in [1.29, 1.82) is 0 Å². The van der Waals surface area contributed by atoms with Crippen LogP contribution in [-0.2, 0) is 57.1 Å². The molecule has 0 bridgehead atoms. The van der Waals surface area contributed by atoms with Gasteiger partial charge < -0.3 is 47.4 Å². The van der Waals surface area contributed by atoms with Gasteiger partial charge in [-0.15, -0.1) is 0 Å². The van der Waals surface area contributed by atoms with Crippen molar-refractivity contribution in [2.24, 2.45) is 0 Å². The first kappa shape index (κ1) is 53.0. The molecule has 0 N–H and O–H groups in total. The van der Waals surface area contributed by atoms with Gasteiger partial charge in [0, 0.05) is 38.6 Å². The number of methoxy groups -OCH3 is 1. The predicted octanol–water partition coefficient (Wildman–Crippen LogP) is 6.31. The summed E-state index contributed by atoms with van der Waals surface area (Å²) in [6, 6.07) is 13.1. The SMILES string of the molecule is C=CC(=O)OCCCCOCC(COc1ccc(C(=O)OC2CCC(OC(=O)c3ccc(OCC(COCCCCOC(=O)C=C)OC(=O)C=C)cc3)CC2)cc1)OC.C=CC=O. The van der Waals surface area contributed by atoms with Crippen LogP contribution in [0.1, 0.15) is 72.1 Å². The molecule has 1 aliphatic carbocycles. The fourth-order valence-corrected chi connectivity index (χ4v) is 5.48. The van der Waals surface area contributed by atoms with Crippen molar-refractivity contribution in [3.8, 4) is 11.5 Å². The summed E-state index contributed by atoms with van der Waals surface area (Å²) in [5, 5.41) is 0. The predicted molar refractivity (Wildman–Crippen MR) is 230 cm³/mol. The molecule has 2 aromatic rings. The Morgan fingerprint density at radius 1 is 0.571 bits per heavy atom. The minimum atomic E-state index is -0.711. The maximum absolute atomic E-state index is 12.9. The quantitative estimate of drug-likeness (QED) is 0.0278. The minimum Gasteiger partial charge on any atom is -0.491 e. The molecule has 0 radical (unpaired) electrons. The largest absolute Gasteiger partial charge is 0.491 e. The summed E-state index contributed by atoms with van der Waals surface area (Å²) >= 11 is 0. The third-order valence-corrected chi connectivity index (χ3v) is 8.89. The highest BCUT2D eigenvalue weighted by molar-refractivity contribution is 5.90. The van der Waals surface area contributed by atoms with E-state index in [4.69, 9.17) is 52.2 Å². The number of carbonyl (C=O) groups excluding carboxylic acids is 6. The van der Waals surface area contributed by atoms with Crippen LogP contribution in [0.25, 0.3) is 0 Å². The molecule has 2 aromatic carbocycles. The van der Waals surface area contributed by atoms with Gasteiger partial charge in [-0.1, -0.05) is 26.3 Å². The Balaban J connectivity index is 0.00000326. The first-order valence-corrected chi connectivity index (χ1v) is 20.6. The van der Waals surface area contributed by atoms with Crippen molar-refractivity contribution in [2.75, 3.05) is 60.0 Å². The van der Waals surface area contributed by atoms with Crippen molar-refractivity contribution >= 4 is 36.1 Å². The first-order valence-electron chi connectivity index (χ1n) is 20.6. The van der Waals surface area contributed by atoms with E-state index in [1.54, 1.807) is 55.6 Å². The highest BCUT2D eigenvalue weighted by Gasteiger charge is 2.27. The van der Waals surface area contributed by atoms with Gasteiger partial charge in [-0.3, -0.25) is 4.79 Å². The Morgan fingerprint density at radius 3 is 1.33 bits per heavy atom. The second kappa shape index (κ2) is 32.6. The zero-order chi connectivity index (χ0) is 46.1. The van der Waals surface area contributed by atoms with Gasteiger partial charge in [0.2, 0.25) is 0 Å². The van der Waals surface area contributed by atoms with Crippen LogP contribution < -0.4 is 9.47 Å². The number of benzene rings is 2. The molecule has 0 heterocycles. The van der Waals surface area contributed by atoms with Gasteiger partial charge in [0.15, 0.2) is 6.10 Å². The maximum atomic E-state index is 12.9. The molecule has 0 aliphatic heterocycles. The number of rotatable bonds is 30. The zero-order valence-electron chi connectivity index (χ0n) is 36.0. The van der Waals surface area contributed by atoms with Crippen LogP contribution in [0.4, 0.5) is 0 Å². The number of unbranched alkanes of at least 4 members (excludes halogenated alkanes) is 2. The van der Waals surface area contributed by atoms with Gasteiger partial charge in [-0.2, -0.15) is 0 Å². The standard InChI is InChI=1S/C44H56O15.C3H4O/c1-5-40(45)53-26-10-8-24-51-28-38(50-4)30-55-34-16-12-32(13-17-34)43(48)58-36-20-22-37(23-21-36)59-44(49)33-14-18-35(19-15-33)56-31-39(57-42(47)7-3)29-52-25-9-11-27-54-41(46)6-2;1-2-3-4/h5-7,12-19,36-39H,1-3,8-11,20-31H2,4H3;2-3H,1H2. The molecule has 1 fully saturated rings.